The monoisotopic (exact) mass is 258 g/mol. The van der Waals surface area contributed by atoms with Crippen LogP contribution in [0.3, 0.4) is 0 Å². The van der Waals surface area contributed by atoms with E-state index in [4.69, 9.17) is 5.26 Å². The Balaban J connectivity index is 2.43. The van der Waals surface area contributed by atoms with Crippen LogP contribution in [0.5, 0.6) is 0 Å². The van der Waals surface area contributed by atoms with Crippen molar-refractivity contribution in [1.82, 2.24) is 0 Å². The Bertz CT molecular complexity index is 476. The minimum atomic E-state index is -0.498. The van der Waals surface area contributed by atoms with Gasteiger partial charge in [0.25, 0.3) is 0 Å². The summed E-state index contributed by atoms with van der Waals surface area (Å²) in [5.41, 5.74) is 2.64. The van der Waals surface area contributed by atoms with Crippen molar-refractivity contribution < 1.29 is 5.11 Å². The molecule has 0 amide bonds. The van der Waals surface area contributed by atoms with E-state index in [1.54, 1.807) is 13.0 Å². The van der Waals surface area contributed by atoms with Gasteiger partial charge < -0.3 is 10.0 Å². The summed E-state index contributed by atoms with van der Waals surface area (Å²) >= 11 is 0. The average Bonchev–Trinajstić information content (AvgIpc) is 2.46. The Hall–Kier alpha value is -1.53. The van der Waals surface area contributed by atoms with E-state index >= 15 is 0 Å². The van der Waals surface area contributed by atoms with Crippen molar-refractivity contribution in [2.75, 3.05) is 11.4 Å². The van der Waals surface area contributed by atoms with Gasteiger partial charge in [0.15, 0.2) is 0 Å². The topological polar surface area (TPSA) is 47.3 Å². The van der Waals surface area contributed by atoms with E-state index < -0.39 is 6.10 Å². The zero-order valence-corrected chi connectivity index (χ0v) is 11.8. The quantitative estimate of drug-likeness (QED) is 0.904. The number of hydrogen-bond acceptors (Lipinski definition) is 3. The van der Waals surface area contributed by atoms with Crippen LogP contribution >= 0.6 is 0 Å². The van der Waals surface area contributed by atoms with Crippen molar-refractivity contribution >= 4 is 5.69 Å². The van der Waals surface area contributed by atoms with Crippen LogP contribution in [0.4, 0.5) is 5.69 Å². The van der Waals surface area contributed by atoms with E-state index in [1.807, 2.05) is 12.1 Å². The maximum Gasteiger partial charge on any atom is 0.0992 e. The molecule has 3 heteroatoms. The van der Waals surface area contributed by atoms with Crippen molar-refractivity contribution in [3.05, 3.63) is 29.3 Å². The third-order valence-electron chi connectivity index (χ3n) is 4.02. The summed E-state index contributed by atoms with van der Waals surface area (Å²) in [6.07, 6.45) is 4.27. The van der Waals surface area contributed by atoms with Gasteiger partial charge in [-0.3, -0.25) is 0 Å². The molecule has 1 unspecified atom stereocenters. The van der Waals surface area contributed by atoms with Crippen molar-refractivity contribution in [2.45, 2.75) is 51.7 Å². The summed E-state index contributed by atoms with van der Waals surface area (Å²) in [6, 6.07) is 8.33. The molecular weight excluding hydrogens is 236 g/mol. The second-order valence-corrected chi connectivity index (χ2v) is 5.31. The molecule has 1 aromatic carbocycles. The maximum atomic E-state index is 9.95. The van der Waals surface area contributed by atoms with Crippen LogP contribution < -0.4 is 4.90 Å². The highest BCUT2D eigenvalue weighted by atomic mass is 16.3. The Morgan fingerprint density at radius 3 is 2.89 bits per heavy atom. The molecule has 3 nitrogen and oxygen atoms in total. The summed E-state index contributed by atoms with van der Waals surface area (Å²) in [5.74, 6) is 0. The lowest BCUT2D eigenvalue weighted by Crippen LogP contribution is -2.39. The summed E-state index contributed by atoms with van der Waals surface area (Å²) in [4.78, 5) is 2.38. The van der Waals surface area contributed by atoms with Gasteiger partial charge in [-0.05, 0) is 44.7 Å². The maximum absolute atomic E-state index is 9.95. The van der Waals surface area contributed by atoms with Crippen LogP contribution in [0.1, 0.15) is 56.8 Å². The van der Waals surface area contributed by atoms with E-state index in [-0.39, 0.29) is 0 Å². The Morgan fingerprint density at radius 1 is 1.47 bits per heavy atom. The van der Waals surface area contributed by atoms with E-state index in [1.165, 1.54) is 19.3 Å². The minimum Gasteiger partial charge on any atom is -0.389 e. The lowest BCUT2D eigenvalue weighted by Gasteiger charge is -2.38. The van der Waals surface area contributed by atoms with Gasteiger partial charge in [0.05, 0.1) is 17.7 Å². The molecule has 0 spiro atoms. The number of hydrogen-bond donors (Lipinski definition) is 1. The molecule has 2 atom stereocenters. The summed E-state index contributed by atoms with van der Waals surface area (Å²) in [7, 11) is 0. The molecule has 1 aliphatic rings. The molecule has 2 rings (SSSR count). The van der Waals surface area contributed by atoms with E-state index in [0.717, 1.165) is 24.2 Å². The van der Waals surface area contributed by atoms with Gasteiger partial charge in [-0.2, -0.15) is 5.26 Å². The molecule has 0 aromatic heterocycles. The van der Waals surface area contributed by atoms with Gasteiger partial charge in [-0.25, -0.2) is 0 Å². The Labute approximate surface area is 115 Å². The summed E-state index contributed by atoms with van der Waals surface area (Å²) in [6.45, 7) is 5.02. The first kappa shape index (κ1) is 13.9. The zero-order valence-electron chi connectivity index (χ0n) is 11.8. The molecular formula is C16H22N2O. The van der Waals surface area contributed by atoms with Crippen molar-refractivity contribution in [2.24, 2.45) is 0 Å². The molecule has 1 fully saturated rings. The molecule has 1 N–H and O–H groups in total. The van der Waals surface area contributed by atoms with Crippen LogP contribution in [0.25, 0.3) is 0 Å². The predicted molar refractivity (Wildman–Crippen MR) is 77.1 cm³/mol. The minimum absolute atomic E-state index is 0.498. The number of aliphatic hydroxyl groups excluding tert-OH is 1. The van der Waals surface area contributed by atoms with Crippen LogP contribution in [0.2, 0.25) is 0 Å². The number of anilines is 1. The molecule has 0 bridgehead atoms. The van der Waals surface area contributed by atoms with Crippen LogP contribution in [-0.4, -0.2) is 17.7 Å². The third-order valence-corrected chi connectivity index (χ3v) is 4.02. The predicted octanol–water partition coefficient (Wildman–Crippen LogP) is 3.38. The number of nitriles is 1. The molecule has 1 saturated heterocycles. The largest absolute Gasteiger partial charge is 0.389 e. The molecule has 1 aliphatic heterocycles. The highest BCUT2D eigenvalue weighted by Gasteiger charge is 2.24. The molecule has 0 radical (unpaired) electrons. The second kappa shape index (κ2) is 6.08. The number of benzene rings is 1. The fraction of sp³-hybridized carbons (Fsp3) is 0.562. The molecule has 0 saturated carbocycles. The van der Waals surface area contributed by atoms with Gasteiger partial charge in [-0.1, -0.05) is 13.0 Å². The fourth-order valence-electron chi connectivity index (χ4n) is 2.96. The van der Waals surface area contributed by atoms with Crippen LogP contribution in [-0.2, 0) is 0 Å². The lowest BCUT2D eigenvalue weighted by molar-refractivity contribution is 0.199. The van der Waals surface area contributed by atoms with Crippen molar-refractivity contribution in [1.29, 1.82) is 5.26 Å². The van der Waals surface area contributed by atoms with Crippen molar-refractivity contribution in [3.8, 4) is 6.07 Å². The first-order valence-electron chi connectivity index (χ1n) is 7.16. The van der Waals surface area contributed by atoms with E-state index in [2.05, 4.69) is 17.9 Å². The van der Waals surface area contributed by atoms with Gasteiger partial charge >= 0.3 is 0 Å². The summed E-state index contributed by atoms with van der Waals surface area (Å²) < 4.78 is 0. The fourth-order valence-corrected chi connectivity index (χ4v) is 2.96. The highest BCUT2D eigenvalue weighted by Crippen LogP contribution is 2.33. The number of aliphatic hydroxyl groups is 1. The third kappa shape index (κ3) is 2.90. The smallest absolute Gasteiger partial charge is 0.0992 e. The van der Waals surface area contributed by atoms with Gasteiger partial charge in [-0.15, -0.1) is 0 Å². The molecule has 0 aliphatic carbocycles. The molecule has 1 aromatic rings. The van der Waals surface area contributed by atoms with E-state index in [0.29, 0.717) is 11.6 Å². The van der Waals surface area contributed by atoms with Crippen molar-refractivity contribution in [3.63, 3.8) is 0 Å². The highest BCUT2D eigenvalue weighted by molar-refractivity contribution is 5.59. The van der Waals surface area contributed by atoms with Gasteiger partial charge in [0.2, 0.25) is 0 Å². The SMILES string of the molecule is CCC1CCCCN1c1cc(C#N)ccc1[C@@H](C)O. The zero-order chi connectivity index (χ0) is 13.8. The molecule has 1 heterocycles. The second-order valence-electron chi connectivity index (χ2n) is 5.31. The average molecular weight is 258 g/mol. The number of rotatable bonds is 3. The Kier molecular flexibility index (Phi) is 4.44. The van der Waals surface area contributed by atoms with Crippen LogP contribution in [0.15, 0.2) is 18.2 Å². The first-order valence-corrected chi connectivity index (χ1v) is 7.16. The standard InChI is InChI=1S/C16H22N2O/c1-3-14-6-4-5-9-18(14)16-10-13(11-17)7-8-15(16)12(2)19/h7-8,10,12,14,19H,3-6,9H2,1-2H3/t12-,14?/m1/s1. The molecule has 19 heavy (non-hydrogen) atoms. The number of nitrogens with zero attached hydrogens (tertiary/aromatic N) is 2. The van der Waals surface area contributed by atoms with Crippen LogP contribution in [0, 0.1) is 11.3 Å². The first-order chi connectivity index (χ1) is 9.17. The van der Waals surface area contributed by atoms with Gasteiger partial charge in [0, 0.05) is 23.8 Å². The normalized spacial score (nSPS) is 20.9. The van der Waals surface area contributed by atoms with Gasteiger partial charge in [0.1, 0.15) is 0 Å². The summed E-state index contributed by atoms with van der Waals surface area (Å²) in [5, 5.41) is 19.0. The van der Waals surface area contributed by atoms with E-state index in [9.17, 15) is 5.11 Å². The molecule has 102 valence electrons. The lowest BCUT2D eigenvalue weighted by atomic mass is 9.96. The number of piperidine rings is 1. The Morgan fingerprint density at radius 2 is 2.26 bits per heavy atom.